The number of ether oxygens (including phenoxy) is 1. The van der Waals surface area contributed by atoms with Crippen LogP contribution < -0.4 is 0 Å². The molecule has 4 nitrogen and oxygen atoms in total. The Labute approximate surface area is 113 Å². The monoisotopic (exact) mass is 288 g/mol. The second kappa shape index (κ2) is 5.80. The van der Waals surface area contributed by atoms with E-state index in [2.05, 4.69) is 4.98 Å². The van der Waals surface area contributed by atoms with Crippen molar-refractivity contribution in [1.29, 1.82) is 0 Å². The number of benzene rings is 1. The van der Waals surface area contributed by atoms with Crippen LogP contribution in [0.4, 0.5) is 13.2 Å². The fraction of sp³-hybridized carbons (Fsp3) is 0.462. The number of rotatable bonds is 5. The number of imidazole rings is 1. The molecule has 0 saturated heterocycles. The third-order valence-electron chi connectivity index (χ3n) is 3.01. The number of aliphatic hydroxyl groups is 1. The molecule has 0 spiro atoms. The summed E-state index contributed by atoms with van der Waals surface area (Å²) < 4.78 is 44.0. The average molecular weight is 288 g/mol. The summed E-state index contributed by atoms with van der Waals surface area (Å²) in [5.41, 5.74) is 1.34. The van der Waals surface area contributed by atoms with Crippen molar-refractivity contribution in [2.75, 3.05) is 13.7 Å². The quantitative estimate of drug-likeness (QED) is 0.917. The van der Waals surface area contributed by atoms with Gasteiger partial charge in [0.25, 0.3) is 0 Å². The first-order valence-corrected chi connectivity index (χ1v) is 6.11. The molecule has 1 aromatic carbocycles. The lowest BCUT2D eigenvalue weighted by Gasteiger charge is -2.15. The molecule has 1 atom stereocenters. The molecule has 1 N–H and O–H groups in total. The van der Waals surface area contributed by atoms with Crippen molar-refractivity contribution in [1.82, 2.24) is 9.55 Å². The molecule has 2 aromatic rings. The van der Waals surface area contributed by atoms with Crippen LogP contribution in [0.3, 0.4) is 0 Å². The standard InChI is InChI=1S/C13H15F3N2O2/c1-20-7-6-18-10-5-3-2-4-9(10)17-12(18)8-11(19)13(14,15)16/h2-5,11,19H,6-8H2,1H3. The van der Waals surface area contributed by atoms with Crippen LogP contribution >= 0.6 is 0 Å². The Balaban J connectivity index is 2.35. The molecule has 0 saturated carbocycles. The van der Waals surface area contributed by atoms with Gasteiger partial charge in [0, 0.05) is 20.1 Å². The number of hydrogen-bond acceptors (Lipinski definition) is 3. The highest BCUT2D eigenvalue weighted by Crippen LogP contribution is 2.24. The van der Waals surface area contributed by atoms with Crippen molar-refractivity contribution in [3.05, 3.63) is 30.1 Å². The first-order valence-electron chi connectivity index (χ1n) is 6.11. The molecule has 110 valence electrons. The second-order valence-corrected chi connectivity index (χ2v) is 4.42. The fourth-order valence-electron chi connectivity index (χ4n) is 2.00. The van der Waals surface area contributed by atoms with Gasteiger partial charge in [0.1, 0.15) is 5.82 Å². The summed E-state index contributed by atoms with van der Waals surface area (Å²) in [4.78, 5) is 4.17. The van der Waals surface area contributed by atoms with E-state index < -0.39 is 18.7 Å². The zero-order chi connectivity index (χ0) is 14.8. The minimum absolute atomic E-state index is 0.202. The number of fused-ring (bicyclic) bond motifs is 1. The minimum atomic E-state index is -4.65. The van der Waals surface area contributed by atoms with Crippen LogP contribution in [-0.4, -0.2) is 40.7 Å². The Morgan fingerprint density at radius 2 is 2.05 bits per heavy atom. The maximum atomic E-state index is 12.5. The maximum Gasteiger partial charge on any atom is 0.414 e. The normalized spacial score (nSPS) is 13.8. The Morgan fingerprint density at radius 3 is 2.70 bits per heavy atom. The Bertz CT molecular complexity index is 580. The van der Waals surface area contributed by atoms with E-state index in [4.69, 9.17) is 4.74 Å². The summed E-state index contributed by atoms with van der Waals surface area (Å²) >= 11 is 0. The molecule has 0 aliphatic heterocycles. The first kappa shape index (κ1) is 14.8. The largest absolute Gasteiger partial charge is 0.414 e. The Morgan fingerprint density at radius 1 is 1.35 bits per heavy atom. The molecule has 1 unspecified atom stereocenters. The number of aromatic nitrogens is 2. The Hall–Kier alpha value is -1.60. The van der Waals surface area contributed by atoms with E-state index in [1.54, 1.807) is 28.8 Å². The van der Waals surface area contributed by atoms with Crippen molar-refractivity contribution in [3.63, 3.8) is 0 Å². The number of methoxy groups -OCH3 is 1. The van der Waals surface area contributed by atoms with Crippen LogP contribution in [0.25, 0.3) is 11.0 Å². The smallest absolute Gasteiger partial charge is 0.383 e. The SMILES string of the molecule is COCCn1c(CC(O)C(F)(F)F)nc2ccccc21. The van der Waals surface area contributed by atoms with Gasteiger partial charge in [-0.25, -0.2) is 4.98 Å². The van der Waals surface area contributed by atoms with Crippen molar-refractivity contribution < 1.29 is 23.0 Å². The molecule has 1 heterocycles. The number of hydrogen-bond donors (Lipinski definition) is 1. The van der Waals surface area contributed by atoms with Crippen LogP contribution in [0.1, 0.15) is 5.82 Å². The summed E-state index contributed by atoms with van der Waals surface area (Å²) in [7, 11) is 1.52. The number of halogens is 3. The van der Waals surface area contributed by atoms with Crippen LogP contribution in [0, 0.1) is 0 Å². The van der Waals surface area contributed by atoms with Crippen LogP contribution in [0.15, 0.2) is 24.3 Å². The highest BCUT2D eigenvalue weighted by Gasteiger charge is 2.39. The van der Waals surface area contributed by atoms with E-state index in [9.17, 15) is 18.3 Å². The zero-order valence-electron chi connectivity index (χ0n) is 10.9. The molecule has 0 aliphatic rings. The van der Waals surface area contributed by atoms with Gasteiger partial charge >= 0.3 is 6.18 Å². The molecule has 2 rings (SSSR count). The van der Waals surface area contributed by atoms with E-state index >= 15 is 0 Å². The summed E-state index contributed by atoms with van der Waals surface area (Å²) in [6.07, 6.45) is -7.63. The van der Waals surface area contributed by atoms with E-state index in [-0.39, 0.29) is 5.82 Å². The molecule has 0 radical (unpaired) electrons. The molecule has 7 heteroatoms. The maximum absolute atomic E-state index is 12.5. The highest BCUT2D eigenvalue weighted by atomic mass is 19.4. The van der Waals surface area contributed by atoms with E-state index in [1.807, 2.05) is 0 Å². The van der Waals surface area contributed by atoms with Gasteiger partial charge in [-0.05, 0) is 12.1 Å². The lowest BCUT2D eigenvalue weighted by atomic mass is 10.2. The summed E-state index contributed by atoms with van der Waals surface area (Å²) in [6, 6.07) is 7.06. The number of alkyl halides is 3. The van der Waals surface area contributed by atoms with Crippen LogP contribution in [0.5, 0.6) is 0 Å². The molecule has 0 fully saturated rings. The molecular formula is C13H15F3N2O2. The molecule has 1 aromatic heterocycles. The molecule has 20 heavy (non-hydrogen) atoms. The van der Waals surface area contributed by atoms with Gasteiger partial charge in [-0.1, -0.05) is 12.1 Å². The third kappa shape index (κ3) is 3.10. The number of nitrogens with zero attached hydrogens (tertiary/aromatic N) is 2. The fourth-order valence-corrected chi connectivity index (χ4v) is 2.00. The Kier molecular flexibility index (Phi) is 4.29. The minimum Gasteiger partial charge on any atom is -0.383 e. The van der Waals surface area contributed by atoms with Crippen LogP contribution in [0.2, 0.25) is 0 Å². The predicted octanol–water partition coefficient (Wildman–Crippen LogP) is 2.15. The van der Waals surface area contributed by atoms with Gasteiger partial charge in [0.15, 0.2) is 6.10 Å². The van der Waals surface area contributed by atoms with Crippen molar-refractivity contribution in [2.45, 2.75) is 25.2 Å². The second-order valence-electron chi connectivity index (χ2n) is 4.42. The first-order chi connectivity index (χ1) is 9.43. The van der Waals surface area contributed by atoms with Gasteiger partial charge < -0.3 is 14.4 Å². The summed E-state index contributed by atoms with van der Waals surface area (Å²) in [5, 5.41) is 9.20. The number of para-hydroxylation sites is 2. The lowest BCUT2D eigenvalue weighted by molar-refractivity contribution is -0.203. The highest BCUT2D eigenvalue weighted by molar-refractivity contribution is 5.75. The third-order valence-corrected chi connectivity index (χ3v) is 3.01. The van der Waals surface area contributed by atoms with Crippen molar-refractivity contribution in [2.24, 2.45) is 0 Å². The topological polar surface area (TPSA) is 47.3 Å². The van der Waals surface area contributed by atoms with Crippen LogP contribution in [-0.2, 0) is 17.7 Å². The van der Waals surface area contributed by atoms with E-state index in [1.165, 1.54) is 7.11 Å². The average Bonchev–Trinajstić information content (AvgIpc) is 2.72. The van der Waals surface area contributed by atoms with Gasteiger partial charge in [-0.2, -0.15) is 13.2 Å². The molecule has 0 amide bonds. The van der Waals surface area contributed by atoms with Crippen molar-refractivity contribution >= 4 is 11.0 Å². The summed E-state index contributed by atoms with van der Waals surface area (Å²) in [5.74, 6) is 0.202. The number of aliphatic hydroxyl groups excluding tert-OH is 1. The predicted molar refractivity (Wildman–Crippen MR) is 67.4 cm³/mol. The molecule has 0 aliphatic carbocycles. The van der Waals surface area contributed by atoms with E-state index in [0.29, 0.717) is 18.7 Å². The molecular weight excluding hydrogens is 273 g/mol. The zero-order valence-corrected chi connectivity index (χ0v) is 10.9. The molecule has 0 bridgehead atoms. The van der Waals surface area contributed by atoms with Gasteiger partial charge in [0.05, 0.1) is 17.6 Å². The van der Waals surface area contributed by atoms with Gasteiger partial charge in [-0.15, -0.1) is 0 Å². The van der Waals surface area contributed by atoms with Gasteiger partial charge in [-0.3, -0.25) is 0 Å². The lowest BCUT2D eigenvalue weighted by Crippen LogP contribution is -2.31. The summed E-state index contributed by atoms with van der Waals surface area (Å²) in [6.45, 7) is 0.742. The van der Waals surface area contributed by atoms with E-state index in [0.717, 1.165) is 5.52 Å². The van der Waals surface area contributed by atoms with Crippen molar-refractivity contribution in [3.8, 4) is 0 Å². The van der Waals surface area contributed by atoms with Gasteiger partial charge in [0.2, 0.25) is 0 Å².